The molecule has 0 fully saturated rings. The van der Waals surface area contributed by atoms with Crippen molar-refractivity contribution in [2.24, 2.45) is 5.10 Å². The molecule has 0 saturated heterocycles. The number of hydrogen-bond acceptors (Lipinski definition) is 7. The van der Waals surface area contributed by atoms with Gasteiger partial charge in [-0.1, -0.05) is 23.4 Å². The van der Waals surface area contributed by atoms with Gasteiger partial charge in [-0.25, -0.2) is 10.4 Å². The van der Waals surface area contributed by atoms with Crippen LogP contribution in [0, 0.1) is 0 Å². The summed E-state index contributed by atoms with van der Waals surface area (Å²) in [6.07, 6.45) is 9.37. The van der Waals surface area contributed by atoms with Crippen LogP contribution in [-0.4, -0.2) is 27.4 Å². The second-order valence-electron chi connectivity index (χ2n) is 7.53. The van der Waals surface area contributed by atoms with Crippen LogP contribution in [0.5, 0.6) is 0 Å². The zero-order valence-corrected chi connectivity index (χ0v) is 20.3. The first-order chi connectivity index (χ1) is 16.6. The molecule has 0 unspecified atom stereocenters. The number of aromatic nitrogens is 2. The average Bonchev–Trinajstić information content (AvgIpc) is 3.56. The summed E-state index contributed by atoms with van der Waals surface area (Å²) in [4.78, 5) is 32.7. The summed E-state index contributed by atoms with van der Waals surface area (Å²) < 4.78 is 6.75. The molecule has 0 saturated carbocycles. The van der Waals surface area contributed by atoms with Gasteiger partial charge in [0.15, 0.2) is 5.16 Å². The molecule has 0 bridgehead atoms. The number of aryl methyl sites for hydroxylation is 2. The van der Waals surface area contributed by atoms with Crippen molar-refractivity contribution in [1.82, 2.24) is 15.0 Å². The number of thioether (sulfide) groups is 1. The smallest absolute Gasteiger partial charge is 0.267 e. The number of fused-ring (bicyclic) bond motifs is 3. The Balaban J connectivity index is 1.37. The van der Waals surface area contributed by atoms with Gasteiger partial charge in [-0.05, 0) is 73.4 Å². The van der Waals surface area contributed by atoms with Crippen molar-refractivity contribution in [3.63, 3.8) is 0 Å². The molecule has 1 aromatic carbocycles. The van der Waals surface area contributed by atoms with E-state index in [1.54, 1.807) is 64.7 Å². The number of nitrogens with zero attached hydrogens (tertiary/aromatic N) is 3. The van der Waals surface area contributed by atoms with Crippen molar-refractivity contribution in [3.05, 3.63) is 80.3 Å². The van der Waals surface area contributed by atoms with Crippen LogP contribution in [0.2, 0.25) is 5.02 Å². The van der Waals surface area contributed by atoms with E-state index in [2.05, 4.69) is 10.5 Å². The summed E-state index contributed by atoms with van der Waals surface area (Å²) in [5.41, 5.74) is 4.14. The highest BCUT2D eigenvalue weighted by molar-refractivity contribution is 7.99. The van der Waals surface area contributed by atoms with Gasteiger partial charge in [-0.3, -0.25) is 14.2 Å². The molecule has 0 spiro atoms. The Hall–Kier alpha value is -3.14. The van der Waals surface area contributed by atoms with E-state index in [9.17, 15) is 9.59 Å². The molecule has 5 rings (SSSR count). The lowest BCUT2D eigenvalue weighted by molar-refractivity contribution is -0.118. The Bertz CT molecular complexity index is 1450. The molecule has 3 heterocycles. The first-order valence-corrected chi connectivity index (χ1v) is 12.8. The molecule has 0 aliphatic heterocycles. The molecule has 3 aromatic heterocycles. The number of nitrogens with one attached hydrogen (secondary N) is 1. The zero-order valence-electron chi connectivity index (χ0n) is 17.9. The molecule has 1 N–H and O–H groups in total. The molecular weight excluding hydrogens is 492 g/mol. The standard InChI is InChI=1S/C24H19ClN4O3S2/c25-15-8-10-16(11-9-15)29-23(31)21-18-6-1-7-19(18)34-22(21)27-24(29)33-14-20(30)28-26-12-2-4-17-5-3-13-32-17/h2-5,8-13H,1,6-7,14H2,(H,28,30). The number of rotatable bonds is 7. The molecule has 34 heavy (non-hydrogen) atoms. The number of hydrogen-bond donors (Lipinski definition) is 1. The SMILES string of the molecule is O=C(CSc1nc2sc3c(c2c(=O)n1-c1ccc(Cl)cc1)CCC3)NN=CC=Cc1ccco1. The van der Waals surface area contributed by atoms with Crippen molar-refractivity contribution < 1.29 is 9.21 Å². The summed E-state index contributed by atoms with van der Waals surface area (Å²) in [5.74, 6) is 0.434. The largest absolute Gasteiger partial charge is 0.465 e. The highest BCUT2D eigenvalue weighted by atomic mass is 35.5. The maximum Gasteiger partial charge on any atom is 0.267 e. The van der Waals surface area contributed by atoms with Gasteiger partial charge in [-0.15, -0.1) is 11.3 Å². The predicted molar refractivity (Wildman–Crippen MR) is 137 cm³/mol. The molecule has 4 aromatic rings. The number of amides is 1. The summed E-state index contributed by atoms with van der Waals surface area (Å²) in [7, 11) is 0. The number of benzene rings is 1. The molecule has 10 heteroatoms. The topological polar surface area (TPSA) is 89.5 Å². The number of furan rings is 1. The predicted octanol–water partition coefficient (Wildman–Crippen LogP) is 5.09. The van der Waals surface area contributed by atoms with Crippen molar-refractivity contribution in [2.75, 3.05) is 5.75 Å². The maximum absolute atomic E-state index is 13.6. The van der Waals surface area contributed by atoms with Crippen LogP contribution < -0.4 is 11.0 Å². The Labute approximate surface area is 208 Å². The normalized spacial score (nSPS) is 13.3. The van der Waals surface area contributed by atoms with Gasteiger partial charge in [-0.2, -0.15) is 5.10 Å². The van der Waals surface area contributed by atoms with Gasteiger partial charge in [0.2, 0.25) is 0 Å². The second-order valence-corrected chi connectivity index (χ2v) is 9.99. The van der Waals surface area contributed by atoms with Gasteiger partial charge in [0.1, 0.15) is 10.6 Å². The summed E-state index contributed by atoms with van der Waals surface area (Å²) >= 11 is 8.82. The first-order valence-electron chi connectivity index (χ1n) is 10.6. The molecule has 1 amide bonds. The number of thiophene rings is 1. The Morgan fingerprint density at radius 2 is 2.15 bits per heavy atom. The van der Waals surface area contributed by atoms with Crippen LogP contribution in [-0.2, 0) is 17.6 Å². The summed E-state index contributed by atoms with van der Waals surface area (Å²) in [5, 5.41) is 5.63. The summed E-state index contributed by atoms with van der Waals surface area (Å²) in [6.45, 7) is 0. The van der Waals surface area contributed by atoms with Crippen LogP contribution in [0.1, 0.15) is 22.6 Å². The third-order valence-corrected chi connectivity index (χ3v) is 7.66. The quantitative estimate of drug-likeness (QED) is 0.162. The first kappa shape index (κ1) is 22.6. The van der Waals surface area contributed by atoms with Gasteiger partial charge >= 0.3 is 0 Å². The Morgan fingerprint density at radius 1 is 1.29 bits per heavy atom. The van der Waals surface area contributed by atoms with E-state index in [0.29, 0.717) is 27.0 Å². The van der Waals surface area contributed by atoms with Gasteiger partial charge in [0, 0.05) is 16.1 Å². The second kappa shape index (κ2) is 10.0. The molecule has 1 aliphatic carbocycles. The van der Waals surface area contributed by atoms with E-state index in [1.807, 2.05) is 6.07 Å². The van der Waals surface area contributed by atoms with Crippen molar-refractivity contribution >= 4 is 63.1 Å². The minimum absolute atomic E-state index is 0.0515. The fourth-order valence-electron chi connectivity index (χ4n) is 3.78. The van der Waals surface area contributed by atoms with Crippen LogP contribution in [0.15, 0.2) is 68.2 Å². The highest BCUT2D eigenvalue weighted by Gasteiger charge is 2.24. The lowest BCUT2D eigenvalue weighted by atomic mass is 10.2. The summed E-state index contributed by atoms with van der Waals surface area (Å²) in [6, 6.07) is 10.6. The maximum atomic E-state index is 13.6. The van der Waals surface area contributed by atoms with E-state index in [-0.39, 0.29) is 17.2 Å². The fourth-order valence-corrected chi connectivity index (χ4v) is 6.01. The molecule has 0 radical (unpaired) electrons. The third-order valence-electron chi connectivity index (χ3n) is 5.28. The third kappa shape index (κ3) is 4.72. The van der Waals surface area contributed by atoms with E-state index in [4.69, 9.17) is 21.0 Å². The Morgan fingerprint density at radius 3 is 2.94 bits per heavy atom. The van der Waals surface area contributed by atoms with E-state index < -0.39 is 0 Å². The number of carbonyl (C=O) groups excluding carboxylic acids is 1. The molecule has 0 atom stereocenters. The molecular formula is C24H19ClN4O3S2. The van der Waals surface area contributed by atoms with Gasteiger partial charge in [0.25, 0.3) is 11.5 Å². The lowest BCUT2D eigenvalue weighted by Gasteiger charge is -2.12. The lowest BCUT2D eigenvalue weighted by Crippen LogP contribution is -2.24. The minimum atomic E-state index is -0.307. The van der Waals surface area contributed by atoms with Crippen LogP contribution in [0.25, 0.3) is 22.0 Å². The van der Waals surface area contributed by atoms with Crippen LogP contribution in [0.4, 0.5) is 0 Å². The monoisotopic (exact) mass is 510 g/mol. The Kier molecular flexibility index (Phi) is 6.66. The number of allylic oxidation sites excluding steroid dienone is 1. The van der Waals surface area contributed by atoms with Crippen molar-refractivity contribution in [1.29, 1.82) is 0 Å². The van der Waals surface area contributed by atoms with Gasteiger partial charge < -0.3 is 4.42 Å². The van der Waals surface area contributed by atoms with Gasteiger partial charge in [0.05, 0.1) is 23.1 Å². The van der Waals surface area contributed by atoms with E-state index in [1.165, 1.54) is 22.9 Å². The number of halogens is 1. The van der Waals surface area contributed by atoms with Crippen LogP contribution >= 0.6 is 34.7 Å². The molecule has 172 valence electrons. The minimum Gasteiger partial charge on any atom is -0.465 e. The van der Waals surface area contributed by atoms with Crippen molar-refractivity contribution in [2.45, 2.75) is 24.4 Å². The molecule has 7 nitrogen and oxygen atoms in total. The van der Waals surface area contributed by atoms with E-state index in [0.717, 1.165) is 29.7 Å². The number of hydrazone groups is 1. The number of carbonyl (C=O) groups is 1. The zero-order chi connectivity index (χ0) is 23.5. The van der Waals surface area contributed by atoms with Crippen LogP contribution in [0.3, 0.4) is 0 Å². The molecule has 1 aliphatic rings. The fraction of sp³-hybridized carbons (Fsp3) is 0.167. The highest BCUT2D eigenvalue weighted by Crippen LogP contribution is 2.36. The van der Waals surface area contributed by atoms with E-state index >= 15 is 0 Å². The van der Waals surface area contributed by atoms with Crippen molar-refractivity contribution in [3.8, 4) is 5.69 Å². The average molecular weight is 511 g/mol.